The zero-order valence-electron chi connectivity index (χ0n) is 39.5. The minimum absolute atomic E-state index is 0.0583. The first-order chi connectivity index (χ1) is 29.6. The SMILES string of the molecule is CC/C=C\C/C=C\C/C=C\C/C=C\C/C=C\CCCC(=O)OC(COCCCCCCCCCC)COC(=O)CCCCCCCCCCC/C=C\C/C=C\CCCCC. The van der Waals surface area contributed by atoms with Crippen LogP contribution in [0.15, 0.2) is 85.1 Å². The van der Waals surface area contributed by atoms with Gasteiger partial charge < -0.3 is 14.2 Å². The topological polar surface area (TPSA) is 61.8 Å². The van der Waals surface area contributed by atoms with Crippen LogP contribution in [0, 0.1) is 0 Å². The van der Waals surface area contributed by atoms with E-state index < -0.39 is 6.10 Å². The quantitative estimate of drug-likeness (QED) is 0.0347. The van der Waals surface area contributed by atoms with E-state index in [0.29, 0.717) is 19.4 Å². The van der Waals surface area contributed by atoms with Crippen molar-refractivity contribution < 1.29 is 23.8 Å². The molecule has 0 spiro atoms. The lowest BCUT2D eigenvalue weighted by molar-refractivity contribution is -0.162. The number of hydrogen-bond acceptors (Lipinski definition) is 5. The van der Waals surface area contributed by atoms with Gasteiger partial charge in [0.25, 0.3) is 0 Å². The van der Waals surface area contributed by atoms with Crippen molar-refractivity contribution in [3.63, 3.8) is 0 Å². The Morgan fingerprint density at radius 1 is 0.383 bits per heavy atom. The maximum Gasteiger partial charge on any atom is 0.306 e. The number of unbranched alkanes of at least 4 members (excludes halogenated alkanes) is 20. The van der Waals surface area contributed by atoms with Gasteiger partial charge >= 0.3 is 11.9 Å². The Morgan fingerprint density at radius 3 is 1.28 bits per heavy atom. The predicted molar refractivity (Wildman–Crippen MR) is 260 cm³/mol. The third-order valence-electron chi connectivity index (χ3n) is 10.4. The molecule has 0 rings (SSSR count). The second-order valence-electron chi connectivity index (χ2n) is 16.3. The van der Waals surface area contributed by atoms with Crippen molar-refractivity contribution in [3.8, 4) is 0 Å². The lowest BCUT2D eigenvalue weighted by atomic mass is 10.1. The summed E-state index contributed by atoms with van der Waals surface area (Å²) in [5, 5.41) is 0. The van der Waals surface area contributed by atoms with Crippen molar-refractivity contribution in [2.75, 3.05) is 19.8 Å². The zero-order valence-corrected chi connectivity index (χ0v) is 39.5. The molecule has 0 bridgehead atoms. The molecule has 0 saturated carbocycles. The number of carbonyl (C=O) groups is 2. The Morgan fingerprint density at radius 2 is 0.767 bits per heavy atom. The maximum absolute atomic E-state index is 12.7. The van der Waals surface area contributed by atoms with Crippen molar-refractivity contribution in [1.82, 2.24) is 0 Å². The van der Waals surface area contributed by atoms with Crippen LogP contribution >= 0.6 is 0 Å². The molecule has 0 aliphatic carbocycles. The van der Waals surface area contributed by atoms with E-state index in [0.717, 1.165) is 83.5 Å². The summed E-state index contributed by atoms with van der Waals surface area (Å²) < 4.78 is 17.3. The fourth-order valence-corrected chi connectivity index (χ4v) is 6.69. The Hall–Kier alpha value is -2.92. The van der Waals surface area contributed by atoms with E-state index in [2.05, 4.69) is 106 Å². The van der Waals surface area contributed by atoms with Crippen LogP contribution in [0.2, 0.25) is 0 Å². The Balaban J connectivity index is 4.26. The first-order valence-corrected chi connectivity index (χ1v) is 25.1. The third kappa shape index (κ3) is 47.8. The van der Waals surface area contributed by atoms with Gasteiger partial charge in [0.2, 0.25) is 0 Å². The van der Waals surface area contributed by atoms with E-state index in [4.69, 9.17) is 14.2 Å². The fraction of sp³-hybridized carbons (Fsp3) is 0.709. The summed E-state index contributed by atoms with van der Waals surface area (Å²) in [4.78, 5) is 25.3. The number of esters is 2. The van der Waals surface area contributed by atoms with Crippen molar-refractivity contribution >= 4 is 11.9 Å². The number of allylic oxidation sites excluding steroid dienone is 14. The molecular weight excluding hydrogens is 741 g/mol. The molecule has 0 aliphatic heterocycles. The van der Waals surface area contributed by atoms with Crippen LogP contribution in [0.25, 0.3) is 0 Å². The molecule has 0 aromatic carbocycles. The van der Waals surface area contributed by atoms with Crippen LogP contribution in [0.4, 0.5) is 0 Å². The largest absolute Gasteiger partial charge is 0.462 e. The van der Waals surface area contributed by atoms with E-state index in [1.165, 1.54) is 109 Å². The van der Waals surface area contributed by atoms with Gasteiger partial charge in [-0.2, -0.15) is 0 Å². The second-order valence-corrected chi connectivity index (χ2v) is 16.3. The molecule has 1 atom stereocenters. The summed E-state index contributed by atoms with van der Waals surface area (Å²) >= 11 is 0. The molecule has 5 nitrogen and oxygen atoms in total. The molecule has 0 amide bonds. The second kappa shape index (κ2) is 50.4. The highest BCUT2D eigenvalue weighted by molar-refractivity contribution is 5.70. The molecule has 5 heteroatoms. The van der Waals surface area contributed by atoms with Crippen molar-refractivity contribution in [2.24, 2.45) is 0 Å². The molecule has 0 N–H and O–H groups in total. The highest BCUT2D eigenvalue weighted by Crippen LogP contribution is 2.13. The summed E-state index contributed by atoms with van der Waals surface area (Å²) in [6.45, 7) is 7.61. The molecule has 0 fully saturated rings. The van der Waals surface area contributed by atoms with E-state index >= 15 is 0 Å². The molecule has 1 unspecified atom stereocenters. The number of carbonyl (C=O) groups excluding carboxylic acids is 2. The fourth-order valence-electron chi connectivity index (χ4n) is 6.69. The average molecular weight is 835 g/mol. The zero-order chi connectivity index (χ0) is 43.5. The molecule has 0 aliphatic rings. The number of ether oxygens (including phenoxy) is 3. The van der Waals surface area contributed by atoms with E-state index in [1.54, 1.807) is 0 Å². The maximum atomic E-state index is 12.7. The van der Waals surface area contributed by atoms with Gasteiger partial charge in [-0.15, -0.1) is 0 Å². The number of rotatable bonds is 45. The van der Waals surface area contributed by atoms with Gasteiger partial charge in [-0.25, -0.2) is 0 Å². The van der Waals surface area contributed by atoms with E-state index in [-0.39, 0.29) is 25.2 Å². The monoisotopic (exact) mass is 835 g/mol. The van der Waals surface area contributed by atoms with Gasteiger partial charge in [-0.3, -0.25) is 9.59 Å². The molecule has 0 saturated heterocycles. The summed E-state index contributed by atoms with van der Waals surface area (Å²) in [7, 11) is 0. The highest BCUT2D eigenvalue weighted by Gasteiger charge is 2.17. The van der Waals surface area contributed by atoms with Crippen LogP contribution < -0.4 is 0 Å². The van der Waals surface area contributed by atoms with Crippen LogP contribution in [0.5, 0.6) is 0 Å². The lowest BCUT2D eigenvalue weighted by Gasteiger charge is -2.18. The van der Waals surface area contributed by atoms with Crippen molar-refractivity contribution in [2.45, 2.75) is 232 Å². The Kier molecular flexibility index (Phi) is 48.0. The van der Waals surface area contributed by atoms with Crippen molar-refractivity contribution in [3.05, 3.63) is 85.1 Å². The average Bonchev–Trinajstić information content (AvgIpc) is 3.25. The number of hydrogen-bond donors (Lipinski definition) is 0. The standard InChI is InChI=1S/C55H94O5/c1-4-7-10-13-16-19-21-23-25-27-28-30-31-33-35-37-39-42-45-48-54(56)59-52-53(51-58-50-47-44-41-18-15-12-9-6-3)60-55(57)49-46-43-40-38-36-34-32-29-26-24-22-20-17-14-11-8-5-2/h8,11,16-17,19-20,23-26,32,34,38,40,53H,4-7,9-10,12-15,18,21-22,27-31,33,35-37,39,41-52H2,1-3H3/b11-8-,19-16-,20-17-,25-23-,26-24-,34-32-,40-38-. The minimum Gasteiger partial charge on any atom is -0.462 e. The van der Waals surface area contributed by atoms with Gasteiger partial charge in [0.05, 0.1) is 6.61 Å². The van der Waals surface area contributed by atoms with Gasteiger partial charge in [-0.05, 0) is 89.9 Å². The molecule has 0 heterocycles. The van der Waals surface area contributed by atoms with Crippen LogP contribution in [-0.2, 0) is 23.8 Å². The smallest absolute Gasteiger partial charge is 0.306 e. The molecule has 0 aromatic heterocycles. The predicted octanol–water partition coefficient (Wildman–Crippen LogP) is 16.9. The van der Waals surface area contributed by atoms with Crippen LogP contribution in [0.3, 0.4) is 0 Å². The van der Waals surface area contributed by atoms with E-state index in [1.807, 2.05) is 0 Å². The third-order valence-corrected chi connectivity index (χ3v) is 10.4. The molecule has 0 radical (unpaired) electrons. The summed E-state index contributed by atoms with van der Waals surface area (Å²) in [6.07, 6.45) is 66.0. The van der Waals surface area contributed by atoms with Crippen molar-refractivity contribution in [1.29, 1.82) is 0 Å². The first kappa shape index (κ1) is 57.1. The summed E-state index contributed by atoms with van der Waals surface area (Å²) in [6, 6.07) is 0. The van der Waals surface area contributed by atoms with Gasteiger partial charge in [0.15, 0.2) is 6.10 Å². The van der Waals surface area contributed by atoms with Gasteiger partial charge in [0, 0.05) is 19.4 Å². The molecule has 60 heavy (non-hydrogen) atoms. The lowest BCUT2D eigenvalue weighted by Crippen LogP contribution is -2.30. The first-order valence-electron chi connectivity index (χ1n) is 25.1. The molecule has 344 valence electrons. The Bertz CT molecular complexity index is 1130. The minimum atomic E-state index is -0.567. The van der Waals surface area contributed by atoms with Gasteiger partial charge in [0.1, 0.15) is 6.61 Å². The highest BCUT2D eigenvalue weighted by atomic mass is 16.6. The molecular formula is C55H94O5. The Labute approximate surface area is 371 Å². The van der Waals surface area contributed by atoms with E-state index in [9.17, 15) is 9.59 Å². The van der Waals surface area contributed by atoms with Crippen LogP contribution in [0.1, 0.15) is 226 Å². The van der Waals surface area contributed by atoms with Crippen LogP contribution in [-0.4, -0.2) is 37.9 Å². The molecule has 0 aromatic rings. The summed E-state index contributed by atoms with van der Waals surface area (Å²) in [5.74, 6) is -0.470. The summed E-state index contributed by atoms with van der Waals surface area (Å²) in [5.41, 5.74) is 0. The normalized spacial score (nSPS) is 12.9. The van der Waals surface area contributed by atoms with Gasteiger partial charge in [-0.1, -0.05) is 209 Å².